The van der Waals surface area contributed by atoms with Crippen LogP contribution in [0.1, 0.15) is 197 Å². The van der Waals surface area contributed by atoms with Gasteiger partial charge in [0.05, 0.1) is 87.2 Å². The molecule has 15 aliphatic rings. The normalized spacial score (nSPS) is 31.8. The highest BCUT2D eigenvalue weighted by Gasteiger charge is 2.66. The van der Waals surface area contributed by atoms with Gasteiger partial charge >= 0.3 is 0 Å². The van der Waals surface area contributed by atoms with Gasteiger partial charge in [-0.3, -0.25) is 4.79 Å². The molecule has 556 valence electrons. The van der Waals surface area contributed by atoms with Crippen molar-refractivity contribution in [3.8, 4) is 33.8 Å². The van der Waals surface area contributed by atoms with Crippen LogP contribution < -0.4 is 0 Å². The van der Waals surface area contributed by atoms with Crippen LogP contribution >= 0.6 is 124 Å². The topological polar surface area (TPSA) is 189 Å². The van der Waals surface area contributed by atoms with Gasteiger partial charge in [0.15, 0.2) is 0 Å². The SMILES string of the molecule is O=C1C2CC3C[C@@H]1CC(OCc1c(-c4c(Cl)cccc4Cl)noc1C1CC1)(C3)C2.OC1(c2nc3ccc(Br)cc3s2)[C@@H]2CC3C[C@H]1CC(OCc1c(-c4c(Cl)cccc4Cl)noc1C1CC1)(C3)C2.OC1(c2nc3ccc(Br)cc3s2)[C@@H]2CC3C[C@H]1CC(OCc1c(-c4c(Cl)cccc4Cl)noc1C1CC1)(C3)C2. The van der Waals surface area contributed by atoms with Crippen LogP contribution in [0.15, 0.2) is 114 Å². The number of hydrogen-bond acceptors (Lipinski definition) is 16. The fourth-order valence-electron chi connectivity index (χ4n) is 21.7. The number of fused-ring (bicyclic) bond motifs is 2. The molecule has 14 atom stereocenters. The second-order valence-electron chi connectivity index (χ2n) is 33.5. The Kier molecular flexibility index (Phi) is 18.2. The lowest BCUT2D eigenvalue weighted by molar-refractivity contribution is -0.250. The van der Waals surface area contributed by atoms with Crippen LogP contribution in [-0.2, 0) is 50.0 Å². The van der Waals surface area contributed by atoms with E-state index in [1.807, 2.05) is 78.9 Å². The molecular weight excluding hydrogens is 1650 g/mol. The van der Waals surface area contributed by atoms with Crippen LogP contribution in [0.4, 0.5) is 0 Å². The molecule has 14 nitrogen and oxygen atoms in total. The van der Waals surface area contributed by atoms with Gasteiger partial charge in [-0.25, -0.2) is 9.97 Å². The zero-order chi connectivity index (χ0) is 72.8. The Labute approximate surface area is 674 Å². The summed E-state index contributed by atoms with van der Waals surface area (Å²) in [7, 11) is 0. The third-order valence-corrected chi connectivity index (χ3v) is 31.7. The van der Waals surface area contributed by atoms with E-state index in [1.165, 1.54) is 0 Å². The molecule has 9 unspecified atom stereocenters. The zero-order valence-corrected chi connectivity index (χ0v) is 67.7. The predicted octanol–water partition coefficient (Wildman–Crippen LogP) is 24.0. The van der Waals surface area contributed by atoms with Crippen molar-refractivity contribution in [1.82, 2.24) is 25.4 Å². The van der Waals surface area contributed by atoms with E-state index in [2.05, 4.69) is 59.5 Å². The van der Waals surface area contributed by atoms with Crippen molar-refractivity contribution in [2.45, 2.75) is 200 Å². The maximum Gasteiger partial charge on any atom is 0.145 e. The summed E-state index contributed by atoms with van der Waals surface area (Å²) in [6.45, 7) is 1.25. The standard InChI is InChI=1S/2C30H27BrCl2N2O3S.C23H23Cl2NO3/c2*31-19-6-7-23-24(10-19)39-28(34-23)30(36)17-8-15-9-18(30)13-29(11-15,12-17)37-14-20-26(35-38-27(20)16-4-5-16)25-21(32)2-1-3-22(25)33;24-17-2-1-3-18(25)19(17)20-16(22(29-26-20)13-4-5-13)11-28-23-8-12-6-14(9-23)21(27)15(7-12)10-23/h2*1-3,6-7,10,15-18,36H,4-5,8-9,11-14H2;1-3,12-15H,4-11H2/t2*15?,17-,18+,29?,30?;12?,14-,15?,23?/m..1/s1. The fraction of sp³-hybridized carbons (Fsp3) is 0.494. The molecule has 24 heteroatoms. The quantitative estimate of drug-likeness (QED) is 0.0876. The molecule has 15 saturated carbocycles. The summed E-state index contributed by atoms with van der Waals surface area (Å²) in [4.78, 5) is 22.4. The Morgan fingerprint density at radius 2 is 0.729 bits per heavy atom. The first-order valence-electron chi connectivity index (χ1n) is 38.0. The summed E-state index contributed by atoms with van der Waals surface area (Å²) in [5, 5.41) is 43.0. The molecule has 107 heavy (non-hydrogen) atoms. The number of benzene rings is 5. The number of carbonyl (C=O) groups is 1. The molecule has 0 radical (unpaired) electrons. The van der Waals surface area contributed by atoms with Crippen molar-refractivity contribution < 1.29 is 42.8 Å². The first kappa shape index (κ1) is 71.7. The van der Waals surface area contributed by atoms with Crippen LogP contribution in [-0.4, -0.2) is 58.2 Å². The minimum atomic E-state index is -0.896. The van der Waals surface area contributed by atoms with Gasteiger partial charge in [0.2, 0.25) is 0 Å². The smallest absolute Gasteiger partial charge is 0.145 e. The Hall–Kier alpha value is -4.32. The van der Waals surface area contributed by atoms with Gasteiger partial charge in [-0.05, 0) is 249 Å². The number of nitrogens with zero attached hydrogens (tertiary/aromatic N) is 5. The number of halogens is 8. The highest BCUT2D eigenvalue weighted by atomic mass is 79.9. The van der Waals surface area contributed by atoms with Gasteiger partial charge < -0.3 is 38.0 Å². The fourth-order valence-corrected chi connectivity index (χ4v) is 26.9. The van der Waals surface area contributed by atoms with Crippen molar-refractivity contribution in [3.05, 3.63) is 174 Å². The molecule has 5 heterocycles. The van der Waals surface area contributed by atoms with Crippen LogP contribution in [0.5, 0.6) is 0 Å². The van der Waals surface area contributed by atoms with E-state index in [4.69, 9.17) is 107 Å². The number of ether oxygens (including phenoxy) is 3. The lowest BCUT2D eigenvalue weighted by Gasteiger charge is -2.62. The van der Waals surface area contributed by atoms with E-state index < -0.39 is 11.2 Å². The van der Waals surface area contributed by atoms with Gasteiger partial charge in [0, 0.05) is 71.9 Å². The molecule has 0 saturated heterocycles. The average Bonchev–Trinajstić information content (AvgIpc) is 1.48. The maximum atomic E-state index is 12.5. The van der Waals surface area contributed by atoms with Gasteiger partial charge in [-0.2, -0.15) is 0 Å². The minimum Gasteiger partial charge on any atom is -0.382 e. The van der Waals surface area contributed by atoms with Crippen LogP contribution in [0.25, 0.3) is 54.2 Å². The Morgan fingerprint density at radius 1 is 0.421 bits per heavy atom. The summed E-state index contributed by atoms with van der Waals surface area (Å²) in [5.41, 5.74) is 6.53. The molecular formula is C83H77Br2Cl6N5O9S2. The third-order valence-electron chi connectivity index (χ3n) is 26.5. The summed E-state index contributed by atoms with van der Waals surface area (Å²) in [6.07, 6.45) is 21.1. The molecule has 12 bridgehead atoms. The highest BCUT2D eigenvalue weighted by molar-refractivity contribution is 9.10. The molecule has 5 aromatic heterocycles. The number of ketones is 1. The van der Waals surface area contributed by atoms with Crippen molar-refractivity contribution in [1.29, 1.82) is 0 Å². The van der Waals surface area contributed by atoms with Crippen molar-refractivity contribution in [2.75, 3.05) is 0 Å². The van der Waals surface area contributed by atoms with E-state index >= 15 is 0 Å². The number of thiazole rings is 2. The van der Waals surface area contributed by atoms with Crippen LogP contribution in [0.3, 0.4) is 0 Å². The van der Waals surface area contributed by atoms with Gasteiger partial charge in [0.25, 0.3) is 0 Å². The number of hydrogen-bond donors (Lipinski definition) is 2. The third kappa shape index (κ3) is 12.6. The summed E-state index contributed by atoms with van der Waals surface area (Å²) < 4.78 is 42.3. The Bertz CT molecular complexity index is 4870. The second kappa shape index (κ2) is 27.2. The van der Waals surface area contributed by atoms with E-state index in [9.17, 15) is 15.0 Å². The zero-order valence-electron chi connectivity index (χ0n) is 58.4. The number of aromatic nitrogens is 5. The largest absolute Gasteiger partial charge is 0.382 e. The van der Waals surface area contributed by atoms with Crippen molar-refractivity contribution >= 4 is 150 Å². The molecule has 0 spiro atoms. The molecule has 2 N–H and O–H groups in total. The highest BCUT2D eigenvalue weighted by Crippen LogP contribution is 2.68. The van der Waals surface area contributed by atoms with Crippen molar-refractivity contribution in [3.63, 3.8) is 0 Å². The van der Waals surface area contributed by atoms with Gasteiger partial charge in [0.1, 0.15) is 61.4 Å². The molecule has 25 rings (SSSR count). The van der Waals surface area contributed by atoms with E-state index in [-0.39, 0.29) is 52.3 Å². The monoisotopic (exact) mass is 1720 g/mol. The lowest BCUT2D eigenvalue weighted by atomic mass is 9.48. The number of rotatable bonds is 17. The summed E-state index contributed by atoms with van der Waals surface area (Å²) in [5.74, 6) is 7.07. The molecule has 5 aromatic carbocycles. The first-order valence-corrected chi connectivity index (χ1v) is 43.5. The molecule has 0 aliphatic heterocycles. The molecule has 0 amide bonds. The van der Waals surface area contributed by atoms with E-state index in [0.29, 0.717) is 125 Å². The van der Waals surface area contributed by atoms with E-state index in [0.717, 1.165) is 208 Å². The van der Waals surface area contributed by atoms with Gasteiger partial charge in [-0.15, -0.1) is 22.7 Å². The second-order valence-corrected chi connectivity index (χ2v) is 39.8. The van der Waals surface area contributed by atoms with Crippen LogP contribution in [0, 0.1) is 53.3 Å². The first-order chi connectivity index (χ1) is 51.7. The molecule has 15 aliphatic carbocycles. The number of aliphatic hydroxyl groups is 2. The van der Waals surface area contributed by atoms with Crippen molar-refractivity contribution in [2.24, 2.45) is 53.3 Å². The predicted molar refractivity (Wildman–Crippen MR) is 422 cm³/mol. The Balaban J connectivity index is 0.000000107. The van der Waals surface area contributed by atoms with E-state index in [1.54, 1.807) is 22.7 Å². The average molecular weight is 1730 g/mol. The lowest BCUT2D eigenvalue weighted by Crippen LogP contribution is -2.62. The summed E-state index contributed by atoms with van der Waals surface area (Å²) >= 11 is 49.7. The minimum absolute atomic E-state index is 0.135. The van der Waals surface area contributed by atoms with Crippen LogP contribution in [0.2, 0.25) is 30.1 Å². The molecule has 10 aromatic rings. The maximum absolute atomic E-state index is 12.5. The summed E-state index contributed by atoms with van der Waals surface area (Å²) in [6, 6.07) is 28.8. The number of Topliss-reactive ketones (excluding diaryl/α,β-unsaturated/α-hetero) is 1. The number of carbonyl (C=O) groups excluding carboxylic acids is 1. The molecule has 15 fully saturated rings. The Morgan fingerprint density at radius 3 is 1.05 bits per heavy atom. The van der Waals surface area contributed by atoms with Gasteiger partial charge in [-0.1, -0.05) is 135 Å².